The van der Waals surface area contributed by atoms with E-state index in [2.05, 4.69) is 0 Å². The number of aliphatic carboxylic acids is 1. The van der Waals surface area contributed by atoms with Crippen molar-refractivity contribution in [3.05, 3.63) is 56.1 Å². The molecular weight excluding hydrogens is 440 g/mol. The Kier molecular flexibility index (Phi) is 6.36. The van der Waals surface area contributed by atoms with Crippen LogP contribution in [-0.4, -0.2) is 37.7 Å². The van der Waals surface area contributed by atoms with Crippen molar-refractivity contribution in [2.45, 2.75) is 12.8 Å². The van der Waals surface area contributed by atoms with Crippen LogP contribution in [0.25, 0.3) is 17.4 Å². The van der Waals surface area contributed by atoms with Crippen LogP contribution in [0.15, 0.2) is 39.7 Å². The molecule has 3 rings (SSSR count). The van der Waals surface area contributed by atoms with Crippen LogP contribution in [0.2, 0.25) is 5.02 Å². The number of amides is 1. The fourth-order valence-corrected chi connectivity index (χ4v) is 4.08. The topological polar surface area (TPSA) is 114 Å². The van der Waals surface area contributed by atoms with Crippen molar-refractivity contribution >= 4 is 63.5 Å². The molecular formula is C18H13ClN2O6S2. The lowest BCUT2D eigenvalue weighted by molar-refractivity contribution is -0.384. The first-order valence-corrected chi connectivity index (χ1v) is 9.88. The van der Waals surface area contributed by atoms with Gasteiger partial charge in [0.1, 0.15) is 20.9 Å². The highest BCUT2D eigenvalue weighted by atomic mass is 35.5. The molecule has 0 aliphatic carbocycles. The largest absolute Gasteiger partial charge is 0.481 e. The number of nitrogens with zero attached hydrogens (tertiary/aromatic N) is 2. The van der Waals surface area contributed by atoms with Crippen molar-refractivity contribution < 1.29 is 24.0 Å². The van der Waals surface area contributed by atoms with Gasteiger partial charge in [-0.3, -0.25) is 24.6 Å². The molecule has 150 valence electrons. The van der Waals surface area contributed by atoms with Gasteiger partial charge in [0.25, 0.3) is 11.6 Å². The Morgan fingerprint density at radius 1 is 1.38 bits per heavy atom. The molecule has 1 fully saturated rings. The second-order valence-electron chi connectivity index (χ2n) is 5.96. The molecule has 1 N–H and O–H groups in total. The van der Waals surface area contributed by atoms with Crippen molar-refractivity contribution in [1.29, 1.82) is 0 Å². The quantitative estimate of drug-likeness (QED) is 0.281. The van der Waals surface area contributed by atoms with Crippen LogP contribution in [0.3, 0.4) is 0 Å². The van der Waals surface area contributed by atoms with Gasteiger partial charge in [-0.2, -0.15) is 0 Å². The van der Waals surface area contributed by atoms with Crippen molar-refractivity contribution in [1.82, 2.24) is 4.90 Å². The molecule has 8 nitrogen and oxygen atoms in total. The molecule has 0 radical (unpaired) electrons. The number of halogens is 1. The lowest BCUT2D eigenvalue weighted by Gasteiger charge is -2.13. The van der Waals surface area contributed by atoms with Crippen LogP contribution in [0.1, 0.15) is 18.6 Å². The average Bonchev–Trinajstić information content (AvgIpc) is 3.22. The molecule has 11 heteroatoms. The fourth-order valence-electron chi connectivity index (χ4n) is 2.60. The first-order chi connectivity index (χ1) is 13.8. The molecule has 2 heterocycles. The van der Waals surface area contributed by atoms with Gasteiger partial charge in [0.05, 0.1) is 9.83 Å². The lowest BCUT2D eigenvalue weighted by atomic mass is 10.1. The maximum atomic E-state index is 12.5. The van der Waals surface area contributed by atoms with Gasteiger partial charge in [-0.05, 0) is 30.7 Å². The predicted molar refractivity (Wildman–Crippen MR) is 113 cm³/mol. The minimum atomic E-state index is -0.934. The zero-order valence-electron chi connectivity index (χ0n) is 14.7. The van der Waals surface area contributed by atoms with Gasteiger partial charge in [-0.15, -0.1) is 0 Å². The maximum absolute atomic E-state index is 12.5. The Bertz CT molecular complexity index is 1050. The third kappa shape index (κ3) is 4.84. The van der Waals surface area contributed by atoms with E-state index < -0.39 is 10.9 Å². The average molecular weight is 453 g/mol. The van der Waals surface area contributed by atoms with E-state index in [4.69, 9.17) is 33.3 Å². The molecule has 1 aliphatic rings. The van der Waals surface area contributed by atoms with Crippen LogP contribution in [-0.2, 0) is 9.59 Å². The monoisotopic (exact) mass is 452 g/mol. The van der Waals surface area contributed by atoms with E-state index in [1.165, 1.54) is 23.1 Å². The molecule has 1 aromatic heterocycles. The molecule has 0 bridgehead atoms. The number of hydrogen-bond acceptors (Lipinski definition) is 7. The molecule has 1 saturated heterocycles. The third-order valence-corrected chi connectivity index (χ3v) is 5.67. The summed E-state index contributed by atoms with van der Waals surface area (Å²) in [4.78, 5) is 35.3. The summed E-state index contributed by atoms with van der Waals surface area (Å²) in [5.74, 6) is -0.487. The number of thiocarbonyl (C=S) groups is 1. The highest BCUT2D eigenvalue weighted by molar-refractivity contribution is 8.26. The van der Waals surface area contributed by atoms with Gasteiger partial charge in [-0.1, -0.05) is 35.6 Å². The van der Waals surface area contributed by atoms with Gasteiger partial charge in [-0.25, -0.2) is 0 Å². The summed E-state index contributed by atoms with van der Waals surface area (Å²) < 4.78 is 6.04. The summed E-state index contributed by atoms with van der Waals surface area (Å²) >= 11 is 12.1. The summed E-state index contributed by atoms with van der Waals surface area (Å²) in [6.07, 6.45) is 1.78. The Balaban J connectivity index is 1.77. The number of furan rings is 1. The summed E-state index contributed by atoms with van der Waals surface area (Å²) in [5.41, 5.74) is 0.242. The van der Waals surface area contributed by atoms with Gasteiger partial charge >= 0.3 is 5.97 Å². The number of carboxylic acid groups (broad SMARTS) is 1. The minimum absolute atomic E-state index is 0.0251. The maximum Gasteiger partial charge on any atom is 0.303 e. The number of thioether (sulfide) groups is 1. The molecule has 29 heavy (non-hydrogen) atoms. The van der Waals surface area contributed by atoms with Crippen LogP contribution in [0.4, 0.5) is 5.69 Å². The summed E-state index contributed by atoms with van der Waals surface area (Å²) in [5, 5.41) is 19.8. The standard InChI is InChI=1S/C18H13ClN2O6S2/c19-12-5-3-10(8-13(12)21(25)26)14-6-4-11(27-14)9-15-17(24)20(18(28)29-15)7-1-2-16(22)23/h3-6,8-9H,1-2,7H2,(H,22,23)/b15-9+. The second kappa shape index (κ2) is 8.76. The van der Waals surface area contributed by atoms with Crippen molar-refractivity contribution in [2.75, 3.05) is 6.54 Å². The Hall–Kier alpha value is -2.69. The first kappa shape index (κ1) is 21.0. The number of benzene rings is 1. The van der Waals surface area contributed by atoms with Crippen molar-refractivity contribution in [2.24, 2.45) is 0 Å². The van der Waals surface area contributed by atoms with Gasteiger partial charge < -0.3 is 9.52 Å². The SMILES string of the molecule is O=C(O)CCCN1C(=O)/C(=C\c2ccc(-c3ccc(Cl)c([N+](=O)[O-])c3)o2)SC1=S. The smallest absolute Gasteiger partial charge is 0.303 e. The van der Waals surface area contributed by atoms with E-state index in [1.807, 2.05) is 0 Å². The molecule has 0 spiro atoms. The van der Waals surface area contributed by atoms with E-state index in [0.29, 0.717) is 32.7 Å². The number of nitro benzene ring substituents is 1. The summed E-state index contributed by atoms with van der Waals surface area (Å²) in [6.45, 7) is 0.228. The van der Waals surface area contributed by atoms with E-state index >= 15 is 0 Å². The zero-order chi connectivity index (χ0) is 21.1. The number of carboxylic acids is 1. The molecule has 2 aromatic rings. The van der Waals surface area contributed by atoms with E-state index in [1.54, 1.807) is 18.2 Å². The molecule has 1 aromatic carbocycles. The predicted octanol–water partition coefficient (Wildman–Crippen LogP) is 4.57. The number of nitro groups is 1. The summed E-state index contributed by atoms with van der Waals surface area (Å²) in [6, 6.07) is 7.59. The summed E-state index contributed by atoms with van der Waals surface area (Å²) in [7, 11) is 0. The van der Waals surface area contributed by atoms with E-state index in [0.717, 1.165) is 11.8 Å². The number of rotatable bonds is 7. The van der Waals surface area contributed by atoms with Gasteiger partial charge in [0, 0.05) is 30.7 Å². The minimum Gasteiger partial charge on any atom is -0.481 e. The van der Waals surface area contributed by atoms with E-state index in [9.17, 15) is 19.7 Å². The van der Waals surface area contributed by atoms with Crippen molar-refractivity contribution in [3.63, 3.8) is 0 Å². The third-order valence-electron chi connectivity index (χ3n) is 3.97. The molecule has 1 amide bonds. The Labute approximate surface area is 179 Å². The van der Waals surface area contributed by atoms with Crippen LogP contribution < -0.4 is 0 Å². The number of hydrogen-bond donors (Lipinski definition) is 1. The highest BCUT2D eigenvalue weighted by Crippen LogP contribution is 2.35. The Morgan fingerprint density at radius 2 is 2.14 bits per heavy atom. The molecule has 0 saturated carbocycles. The van der Waals surface area contributed by atoms with Gasteiger partial charge in [0.2, 0.25) is 0 Å². The van der Waals surface area contributed by atoms with Crippen LogP contribution in [0, 0.1) is 10.1 Å². The zero-order valence-corrected chi connectivity index (χ0v) is 17.1. The van der Waals surface area contributed by atoms with Crippen LogP contribution in [0.5, 0.6) is 0 Å². The number of carbonyl (C=O) groups is 2. The Morgan fingerprint density at radius 3 is 2.83 bits per heavy atom. The van der Waals surface area contributed by atoms with E-state index in [-0.39, 0.29) is 29.6 Å². The molecule has 0 atom stereocenters. The van der Waals surface area contributed by atoms with Crippen molar-refractivity contribution in [3.8, 4) is 11.3 Å². The first-order valence-electron chi connectivity index (χ1n) is 8.27. The lowest BCUT2D eigenvalue weighted by Crippen LogP contribution is -2.29. The second-order valence-corrected chi connectivity index (χ2v) is 8.04. The van der Waals surface area contributed by atoms with Crippen LogP contribution >= 0.6 is 35.6 Å². The normalized spacial score (nSPS) is 15.3. The fraction of sp³-hybridized carbons (Fsp3) is 0.167. The molecule has 0 unspecified atom stereocenters. The molecule has 1 aliphatic heterocycles. The van der Waals surface area contributed by atoms with Gasteiger partial charge in [0.15, 0.2) is 0 Å². The highest BCUT2D eigenvalue weighted by Gasteiger charge is 2.32. The number of carbonyl (C=O) groups excluding carboxylic acids is 1.